The molecule has 8 heteroatoms. The third kappa shape index (κ3) is 8.31. The van der Waals surface area contributed by atoms with Gasteiger partial charge >= 0.3 is 12.0 Å². The monoisotopic (exact) mass is 371 g/mol. The van der Waals surface area contributed by atoms with Crippen LogP contribution in [0.4, 0.5) is 4.79 Å². The van der Waals surface area contributed by atoms with Crippen LogP contribution >= 0.6 is 11.3 Å². The molecule has 142 valence electrons. The lowest BCUT2D eigenvalue weighted by Crippen LogP contribution is -2.48. The molecule has 0 aromatic carbocycles. The van der Waals surface area contributed by atoms with Crippen molar-refractivity contribution in [2.24, 2.45) is 0 Å². The molecule has 1 aromatic rings. The molecule has 0 aliphatic heterocycles. The molecule has 0 saturated heterocycles. The van der Waals surface area contributed by atoms with Crippen molar-refractivity contribution in [3.8, 4) is 0 Å². The number of amides is 2. The maximum atomic E-state index is 12.5. The molecular weight excluding hydrogens is 342 g/mol. The molecule has 0 aliphatic rings. The van der Waals surface area contributed by atoms with Crippen LogP contribution in [0.25, 0.3) is 0 Å². The molecule has 0 bridgehead atoms. The van der Waals surface area contributed by atoms with E-state index in [1.165, 1.54) is 11.3 Å². The van der Waals surface area contributed by atoms with Gasteiger partial charge in [0.05, 0.1) is 13.2 Å². The van der Waals surface area contributed by atoms with Crippen LogP contribution in [0.2, 0.25) is 0 Å². The van der Waals surface area contributed by atoms with Gasteiger partial charge in [-0.05, 0) is 41.0 Å². The first kappa shape index (κ1) is 21.4. The number of hydrogen-bond donors (Lipinski definition) is 1. The summed E-state index contributed by atoms with van der Waals surface area (Å²) in [7, 11) is 0. The lowest BCUT2D eigenvalue weighted by Gasteiger charge is -2.28. The Labute approximate surface area is 153 Å². The number of carbonyl (C=O) groups is 2. The summed E-state index contributed by atoms with van der Waals surface area (Å²) in [6, 6.07) is -0.156. The summed E-state index contributed by atoms with van der Waals surface area (Å²) in [6.07, 6.45) is 0.738. The van der Waals surface area contributed by atoms with Gasteiger partial charge in [-0.1, -0.05) is 0 Å². The minimum atomic E-state index is -0.438. The topological polar surface area (TPSA) is 80.8 Å². The van der Waals surface area contributed by atoms with Crippen LogP contribution in [-0.2, 0) is 16.0 Å². The lowest BCUT2D eigenvalue weighted by molar-refractivity contribution is 0.0520. The number of carbonyl (C=O) groups excluding carboxylic acids is 2. The highest BCUT2D eigenvalue weighted by Crippen LogP contribution is 2.14. The fourth-order valence-corrected chi connectivity index (χ4v) is 2.78. The van der Waals surface area contributed by atoms with Gasteiger partial charge in [0.25, 0.3) is 0 Å². The van der Waals surface area contributed by atoms with Gasteiger partial charge in [-0.25, -0.2) is 14.6 Å². The summed E-state index contributed by atoms with van der Waals surface area (Å²) >= 11 is 1.35. The average Bonchev–Trinajstić information content (AvgIpc) is 2.97. The van der Waals surface area contributed by atoms with Gasteiger partial charge in [-0.3, -0.25) is 0 Å². The predicted octanol–water partition coefficient (Wildman–Crippen LogP) is 3.06. The Balaban J connectivity index is 2.74. The van der Waals surface area contributed by atoms with E-state index in [0.29, 0.717) is 37.9 Å². The molecule has 1 heterocycles. The van der Waals surface area contributed by atoms with Crippen LogP contribution in [0.3, 0.4) is 0 Å². The van der Waals surface area contributed by atoms with Gasteiger partial charge in [0.15, 0.2) is 5.69 Å². The maximum absolute atomic E-state index is 12.5. The number of nitrogens with zero attached hydrogens (tertiary/aromatic N) is 2. The normalized spacial score (nSPS) is 11.2. The fraction of sp³-hybridized carbons (Fsp3) is 0.706. The SMILES string of the molecule is CCOCCCN(Cc1nc(C(=O)OCC)cs1)C(=O)NC(C)(C)C. The Hall–Kier alpha value is -1.67. The number of esters is 1. The summed E-state index contributed by atoms with van der Waals surface area (Å²) in [5, 5.41) is 5.32. The minimum absolute atomic E-state index is 0.156. The Kier molecular flexibility index (Phi) is 8.85. The van der Waals surface area contributed by atoms with Crippen LogP contribution < -0.4 is 5.32 Å². The van der Waals surface area contributed by atoms with Crippen molar-refractivity contribution in [1.29, 1.82) is 0 Å². The zero-order valence-electron chi connectivity index (χ0n) is 15.8. The highest BCUT2D eigenvalue weighted by molar-refractivity contribution is 7.09. The molecule has 0 spiro atoms. The first-order valence-corrected chi connectivity index (χ1v) is 9.41. The number of rotatable bonds is 9. The number of urea groups is 1. The number of hydrogen-bond acceptors (Lipinski definition) is 6. The van der Waals surface area contributed by atoms with Crippen molar-refractivity contribution in [2.75, 3.05) is 26.4 Å². The molecular formula is C17H29N3O4S. The molecule has 7 nitrogen and oxygen atoms in total. The number of nitrogens with one attached hydrogen (secondary N) is 1. The van der Waals surface area contributed by atoms with Gasteiger partial charge < -0.3 is 19.7 Å². The van der Waals surface area contributed by atoms with E-state index >= 15 is 0 Å². The summed E-state index contributed by atoms with van der Waals surface area (Å²) in [5.74, 6) is -0.438. The van der Waals surface area contributed by atoms with Gasteiger partial charge in [-0.2, -0.15) is 0 Å². The van der Waals surface area contributed by atoms with Crippen molar-refractivity contribution in [1.82, 2.24) is 15.2 Å². The highest BCUT2D eigenvalue weighted by atomic mass is 32.1. The molecule has 25 heavy (non-hydrogen) atoms. The second kappa shape index (κ2) is 10.4. The van der Waals surface area contributed by atoms with Crippen LogP contribution in [-0.4, -0.2) is 53.8 Å². The van der Waals surface area contributed by atoms with E-state index < -0.39 is 5.97 Å². The van der Waals surface area contributed by atoms with E-state index in [4.69, 9.17) is 9.47 Å². The smallest absolute Gasteiger partial charge is 0.357 e. The van der Waals surface area contributed by atoms with E-state index in [-0.39, 0.29) is 17.3 Å². The standard InChI is InChI=1S/C17H29N3O4S/c1-6-23-10-8-9-20(16(22)19-17(3,4)5)11-14-18-13(12-25-14)15(21)24-7-2/h12H,6-11H2,1-5H3,(H,19,22). The Morgan fingerprint density at radius 2 is 2.00 bits per heavy atom. The van der Waals surface area contributed by atoms with E-state index in [2.05, 4.69) is 10.3 Å². The molecule has 0 unspecified atom stereocenters. The Bertz CT molecular complexity index is 554. The number of ether oxygens (including phenoxy) is 2. The van der Waals surface area contributed by atoms with Crippen molar-refractivity contribution in [3.05, 3.63) is 16.1 Å². The van der Waals surface area contributed by atoms with Crippen molar-refractivity contribution < 1.29 is 19.1 Å². The van der Waals surface area contributed by atoms with E-state index in [1.54, 1.807) is 17.2 Å². The second-order valence-corrected chi connectivity index (χ2v) is 7.44. The first-order valence-electron chi connectivity index (χ1n) is 8.53. The van der Waals surface area contributed by atoms with Crippen molar-refractivity contribution >= 4 is 23.3 Å². The van der Waals surface area contributed by atoms with E-state index in [9.17, 15) is 9.59 Å². The molecule has 1 rings (SSSR count). The molecule has 0 saturated carbocycles. The molecule has 1 N–H and O–H groups in total. The average molecular weight is 372 g/mol. The zero-order valence-corrected chi connectivity index (χ0v) is 16.6. The zero-order chi connectivity index (χ0) is 18.9. The molecule has 0 atom stereocenters. The molecule has 0 aliphatic carbocycles. The van der Waals surface area contributed by atoms with Crippen LogP contribution in [0.1, 0.15) is 56.5 Å². The molecule has 2 amide bonds. The fourth-order valence-electron chi connectivity index (χ4n) is 2.00. The van der Waals surface area contributed by atoms with Crippen LogP contribution in [0.15, 0.2) is 5.38 Å². The van der Waals surface area contributed by atoms with Gasteiger partial charge in [0.2, 0.25) is 0 Å². The van der Waals surface area contributed by atoms with Gasteiger partial charge in [0, 0.05) is 30.7 Å². The Morgan fingerprint density at radius 1 is 1.28 bits per heavy atom. The number of thiazole rings is 1. The second-order valence-electron chi connectivity index (χ2n) is 6.50. The third-order valence-corrected chi connectivity index (χ3v) is 3.89. The highest BCUT2D eigenvalue weighted by Gasteiger charge is 2.21. The van der Waals surface area contributed by atoms with Gasteiger partial charge in [-0.15, -0.1) is 11.3 Å². The molecule has 0 radical (unpaired) electrons. The van der Waals surface area contributed by atoms with E-state index in [1.807, 2.05) is 27.7 Å². The minimum Gasteiger partial charge on any atom is -0.461 e. The predicted molar refractivity (Wildman–Crippen MR) is 97.9 cm³/mol. The summed E-state index contributed by atoms with van der Waals surface area (Å²) < 4.78 is 10.3. The summed E-state index contributed by atoms with van der Waals surface area (Å²) in [6.45, 7) is 12.0. The van der Waals surface area contributed by atoms with Gasteiger partial charge in [0.1, 0.15) is 5.01 Å². The third-order valence-electron chi connectivity index (χ3n) is 3.05. The largest absolute Gasteiger partial charge is 0.461 e. The molecule has 0 fully saturated rings. The van der Waals surface area contributed by atoms with Crippen LogP contribution in [0.5, 0.6) is 0 Å². The maximum Gasteiger partial charge on any atom is 0.357 e. The number of aromatic nitrogens is 1. The van der Waals surface area contributed by atoms with Crippen molar-refractivity contribution in [3.63, 3.8) is 0 Å². The van der Waals surface area contributed by atoms with Crippen LogP contribution in [0, 0.1) is 0 Å². The van der Waals surface area contributed by atoms with Crippen molar-refractivity contribution in [2.45, 2.75) is 53.1 Å². The summed E-state index contributed by atoms with van der Waals surface area (Å²) in [5.41, 5.74) is -0.0406. The molecule has 1 aromatic heterocycles. The quantitative estimate of drug-likeness (QED) is 0.533. The van der Waals surface area contributed by atoms with E-state index in [0.717, 1.165) is 6.42 Å². The lowest BCUT2D eigenvalue weighted by atomic mass is 10.1. The first-order chi connectivity index (χ1) is 11.8. The summed E-state index contributed by atoms with van der Waals surface area (Å²) in [4.78, 5) is 30.2. The Morgan fingerprint density at radius 3 is 2.60 bits per heavy atom.